The van der Waals surface area contributed by atoms with Gasteiger partial charge in [-0.3, -0.25) is 9.69 Å². The summed E-state index contributed by atoms with van der Waals surface area (Å²) in [6, 6.07) is 2.13. The average molecular weight is 211 g/mol. The number of carboxylic acid groups (broad SMARTS) is 1. The molecule has 0 unspecified atom stereocenters. The molecule has 5 nitrogen and oxygen atoms in total. The Hall–Kier alpha value is -1.12. The maximum absolute atomic E-state index is 10.5. The van der Waals surface area contributed by atoms with E-state index in [-0.39, 0.29) is 6.54 Å². The predicted octanol–water partition coefficient (Wildman–Crippen LogP) is -0.00762. The Balaban J connectivity index is 2.13. The van der Waals surface area contributed by atoms with Crippen LogP contribution in [0.3, 0.4) is 0 Å². The molecule has 1 heterocycles. The van der Waals surface area contributed by atoms with Gasteiger partial charge in [0.15, 0.2) is 0 Å². The second kappa shape index (κ2) is 6.38. The lowest BCUT2D eigenvalue weighted by molar-refractivity contribution is -0.138. The van der Waals surface area contributed by atoms with E-state index in [1.54, 1.807) is 0 Å². The molecule has 1 aliphatic rings. The van der Waals surface area contributed by atoms with Crippen molar-refractivity contribution in [3.05, 3.63) is 0 Å². The minimum Gasteiger partial charge on any atom is -0.480 e. The van der Waals surface area contributed by atoms with E-state index in [1.807, 2.05) is 4.90 Å². The molecule has 15 heavy (non-hydrogen) atoms. The molecule has 1 fully saturated rings. The van der Waals surface area contributed by atoms with Gasteiger partial charge in [0.1, 0.15) is 0 Å². The second-order valence-corrected chi connectivity index (χ2v) is 3.77. The van der Waals surface area contributed by atoms with Crippen LogP contribution in [-0.2, 0) is 4.79 Å². The Labute approximate surface area is 89.9 Å². The molecule has 1 N–H and O–H groups in total. The minimum atomic E-state index is -0.757. The van der Waals surface area contributed by atoms with E-state index in [9.17, 15) is 4.79 Å². The first-order valence-corrected chi connectivity index (χ1v) is 5.26. The van der Waals surface area contributed by atoms with Gasteiger partial charge in [0.25, 0.3) is 0 Å². The van der Waals surface area contributed by atoms with Crippen LogP contribution >= 0.6 is 0 Å². The highest BCUT2D eigenvalue weighted by molar-refractivity contribution is 5.69. The van der Waals surface area contributed by atoms with Crippen LogP contribution in [0.5, 0.6) is 0 Å². The van der Waals surface area contributed by atoms with E-state index in [2.05, 4.69) is 11.0 Å². The van der Waals surface area contributed by atoms with Crippen LogP contribution in [0.4, 0.5) is 0 Å². The van der Waals surface area contributed by atoms with Gasteiger partial charge in [-0.05, 0) is 13.0 Å². The molecule has 5 heteroatoms. The monoisotopic (exact) mass is 211 g/mol. The molecular weight excluding hydrogens is 194 g/mol. The molecular formula is C10H17N3O2. The molecule has 0 aromatic carbocycles. The normalized spacial score (nSPS) is 18.6. The van der Waals surface area contributed by atoms with Crippen LogP contribution in [0.15, 0.2) is 0 Å². The standard InChI is InChI=1S/C10H17N3O2/c11-3-1-2-4-12-5-7-13(8-6-12)9-10(14)15/h1-2,4-9H2,(H,14,15). The summed E-state index contributed by atoms with van der Waals surface area (Å²) in [4.78, 5) is 14.7. The van der Waals surface area contributed by atoms with Crippen LogP contribution in [-0.4, -0.2) is 60.1 Å². The van der Waals surface area contributed by atoms with E-state index in [0.29, 0.717) is 6.42 Å². The van der Waals surface area contributed by atoms with Gasteiger partial charge in [-0.15, -0.1) is 0 Å². The summed E-state index contributed by atoms with van der Waals surface area (Å²) >= 11 is 0. The maximum atomic E-state index is 10.5. The van der Waals surface area contributed by atoms with Gasteiger partial charge in [-0.25, -0.2) is 0 Å². The molecule has 0 amide bonds. The number of nitrogens with zero attached hydrogens (tertiary/aromatic N) is 3. The van der Waals surface area contributed by atoms with Gasteiger partial charge in [0, 0.05) is 32.6 Å². The summed E-state index contributed by atoms with van der Waals surface area (Å²) < 4.78 is 0. The largest absolute Gasteiger partial charge is 0.480 e. The average Bonchev–Trinajstić information content (AvgIpc) is 2.20. The minimum absolute atomic E-state index is 0.145. The molecule has 1 saturated heterocycles. The molecule has 1 rings (SSSR count). The summed E-state index contributed by atoms with van der Waals surface area (Å²) in [5, 5.41) is 17.0. The number of nitriles is 1. The van der Waals surface area contributed by atoms with Crippen LogP contribution in [0.1, 0.15) is 12.8 Å². The van der Waals surface area contributed by atoms with Gasteiger partial charge in [-0.2, -0.15) is 5.26 Å². The molecule has 0 atom stereocenters. The third-order valence-electron chi connectivity index (χ3n) is 2.59. The third-order valence-corrected chi connectivity index (χ3v) is 2.59. The highest BCUT2D eigenvalue weighted by Gasteiger charge is 2.17. The van der Waals surface area contributed by atoms with Crippen molar-refractivity contribution in [2.24, 2.45) is 0 Å². The maximum Gasteiger partial charge on any atom is 0.317 e. The van der Waals surface area contributed by atoms with Crippen molar-refractivity contribution in [3.63, 3.8) is 0 Å². The molecule has 0 bridgehead atoms. The summed E-state index contributed by atoms with van der Waals surface area (Å²) in [5.41, 5.74) is 0. The number of carboxylic acids is 1. The zero-order valence-corrected chi connectivity index (χ0v) is 8.85. The number of carbonyl (C=O) groups is 1. The number of rotatable bonds is 5. The van der Waals surface area contributed by atoms with Crippen LogP contribution in [0, 0.1) is 11.3 Å². The van der Waals surface area contributed by atoms with Gasteiger partial charge >= 0.3 is 5.97 Å². The zero-order chi connectivity index (χ0) is 11.1. The SMILES string of the molecule is N#CCCCN1CCN(CC(=O)O)CC1. The van der Waals surface area contributed by atoms with Gasteiger partial charge in [0.2, 0.25) is 0 Å². The highest BCUT2D eigenvalue weighted by Crippen LogP contribution is 2.02. The van der Waals surface area contributed by atoms with E-state index in [0.717, 1.165) is 39.1 Å². The van der Waals surface area contributed by atoms with Gasteiger partial charge < -0.3 is 10.0 Å². The number of hydrogen-bond acceptors (Lipinski definition) is 4. The molecule has 84 valence electrons. The smallest absolute Gasteiger partial charge is 0.317 e. The number of aliphatic carboxylic acids is 1. The fraction of sp³-hybridized carbons (Fsp3) is 0.800. The molecule has 0 aliphatic carbocycles. The van der Waals surface area contributed by atoms with Crippen molar-refractivity contribution in [2.45, 2.75) is 12.8 Å². The molecule has 0 saturated carbocycles. The summed E-state index contributed by atoms with van der Waals surface area (Å²) in [5.74, 6) is -0.757. The first-order valence-electron chi connectivity index (χ1n) is 5.26. The Kier molecular flexibility index (Phi) is 5.08. The Morgan fingerprint density at radius 3 is 2.40 bits per heavy atom. The lowest BCUT2D eigenvalue weighted by Crippen LogP contribution is -2.48. The van der Waals surface area contributed by atoms with Gasteiger partial charge in [-0.1, -0.05) is 0 Å². The highest BCUT2D eigenvalue weighted by atomic mass is 16.4. The molecule has 0 radical (unpaired) electrons. The quantitative estimate of drug-likeness (QED) is 0.648. The van der Waals surface area contributed by atoms with Crippen LogP contribution in [0.25, 0.3) is 0 Å². The van der Waals surface area contributed by atoms with Crippen LogP contribution in [0.2, 0.25) is 0 Å². The first kappa shape index (κ1) is 12.0. The van der Waals surface area contributed by atoms with E-state index < -0.39 is 5.97 Å². The Morgan fingerprint density at radius 1 is 1.27 bits per heavy atom. The van der Waals surface area contributed by atoms with E-state index in [4.69, 9.17) is 10.4 Å². The first-order chi connectivity index (χ1) is 7.22. The van der Waals surface area contributed by atoms with Crippen molar-refractivity contribution in [1.29, 1.82) is 5.26 Å². The molecule has 1 aliphatic heterocycles. The van der Waals surface area contributed by atoms with E-state index >= 15 is 0 Å². The summed E-state index contributed by atoms with van der Waals surface area (Å²) in [6.07, 6.45) is 1.52. The van der Waals surface area contributed by atoms with E-state index in [1.165, 1.54) is 0 Å². The fourth-order valence-corrected chi connectivity index (χ4v) is 1.74. The Morgan fingerprint density at radius 2 is 1.87 bits per heavy atom. The summed E-state index contributed by atoms with van der Waals surface area (Å²) in [7, 11) is 0. The lowest BCUT2D eigenvalue weighted by Gasteiger charge is -2.33. The number of piperazine rings is 1. The topological polar surface area (TPSA) is 67.6 Å². The second-order valence-electron chi connectivity index (χ2n) is 3.77. The predicted molar refractivity (Wildman–Crippen MR) is 55.4 cm³/mol. The zero-order valence-electron chi connectivity index (χ0n) is 8.85. The van der Waals surface area contributed by atoms with Crippen LogP contribution < -0.4 is 0 Å². The summed E-state index contributed by atoms with van der Waals surface area (Å²) in [6.45, 7) is 4.57. The van der Waals surface area contributed by atoms with Crippen molar-refractivity contribution < 1.29 is 9.90 Å². The third kappa shape index (κ3) is 4.77. The molecule has 0 aromatic heterocycles. The van der Waals surface area contributed by atoms with Gasteiger partial charge in [0.05, 0.1) is 12.6 Å². The lowest BCUT2D eigenvalue weighted by atomic mass is 10.2. The van der Waals surface area contributed by atoms with Crippen molar-refractivity contribution >= 4 is 5.97 Å². The number of unbranched alkanes of at least 4 members (excludes halogenated alkanes) is 1. The Bertz CT molecular complexity index is 242. The van der Waals surface area contributed by atoms with Crippen molar-refractivity contribution in [1.82, 2.24) is 9.80 Å². The number of hydrogen-bond donors (Lipinski definition) is 1. The van der Waals surface area contributed by atoms with Crippen molar-refractivity contribution in [3.8, 4) is 6.07 Å². The molecule has 0 aromatic rings. The fourth-order valence-electron chi connectivity index (χ4n) is 1.74. The van der Waals surface area contributed by atoms with Crippen molar-refractivity contribution in [2.75, 3.05) is 39.3 Å². The molecule has 0 spiro atoms.